The van der Waals surface area contributed by atoms with Gasteiger partial charge in [0.15, 0.2) is 0 Å². The van der Waals surface area contributed by atoms with Crippen LogP contribution in [0.1, 0.15) is 101 Å². The molecule has 1 aliphatic carbocycles. The molecule has 2 fully saturated rings. The molecule has 3 aromatic rings. The molecule has 6 unspecified atom stereocenters. The second kappa shape index (κ2) is 17.9. The van der Waals surface area contributed by atoms with Gasteiger partial charge in [0, 0.05) is 35.2 Å². The highest BCUT2D eigenvalue weighted by atomic mass is 35.5. The summed E-state index contributed by atoms with van der Waals surface area (Å²) in [5.74, 6) is -4.62. The summed E-state index contributed by atoms with van der Waals surface area (Å²) in [6.07, 6.45) is 3.70. The Labute approximate surface area is 336 Å². The number of methoxy groups -OCH3 is 1. The number of hydrogen-bond acceptors (Lipinski definition) is 9. The lowest BCUT2D eigenvalue weighted by molar-refractivity contribution is -0.118. The van der Waals surface area contributed by atoms with Crippen LogP contribution < -0.4 is 15.4 Å². The number of carbonyl (C=O) groups is 3. The molecule has 5 rings (SSSR count). The Morgan fingerprint density at radius 2 is 1.73 bits per heavy atom. The number of amides is 1. The number of benzene rings is 3. The Balaban J connectivity index is 1.49. The van der Waals surface area contributed by atoms with E-state index in [1.54, 1.807) is 19.1 Å². The van der Waals surface area contributed by atoms with E-state index in [2.05, 4.69) is 10.6 Å². The Morgan fingerprint density at radius 3 is 2.38 bits per heavy atom. The summed E-state index contributed by atoms with van der Waals surface area (Å²) < 4.78 is 54.0. The van der Waals surface area contributed by atoms with E-state index in [1.807, 2.05) is 20.8 Å². The zero-order valence-electron chi connectivity index (χ0n) is 32.3. The van der Waals surface area contributed by atoms with Crippen molar-refractivity contribution in [3.63, 3.8) is 0 Å². The Morgan fingerprint density at radius 1 is 1.02 bits per heavy atom. The van der Waals surface area contributed by atoms with Crippen LogP contribution in [0.25, 0.3) is 0 Å². The van der Waals surface area contributed by atoms with Crippen LogP contribution in [0.15, 0.2) is 54.6 Å². The number of nitrogens with one attached hydrogen (secondary N) is 3. The van der Waals surface area contributed by atoms with E-state index in [9.17, 15) is 14.4 Å². The van der Waals surface area contributed by atoms with Gasteiger partial charge in [-0.15, -0.1) is 0 Å². The van der Waals surface area contributed by atoms with Crippen LogP contribution in [-0.2, 0) is 24.4 Å². The van der Waals surface area contributed by atoms with E-state index >= 15 is 8.78 Å². The molecule has 0 spiro atoms. The minimum Gasteiger partial charge on any atom is -0.495 e. The maximum atomic E-state index is 16.3. The van der Waals surface area contributed by atoms with Crippen LogP contribution in [-0.4, -0.2) is 55.8 Å². The molecule has 1 amide bonds. The van der Waals surface area contributed by atoms with Crippen molar-refractivity contribution in [2.24, 2.45) is 11.3 Å². The summed E-state index contributed by atoms with van der Waals surface area (Å²) in [7, 11) is 1.35. The molecule has 3 aromatic carbocycles. The first-order valence-electron chi connectivity index (χ1n) is 18.7. The lowest BCUT2D eigenvalue weighted by Gasteiger charge is -2.46. The maximum Gasteiger partial charge on any atom is 0.511 e. The van der Waals surface area contributed by atoms with Crippen molar-refractivity contribution < 1.29 is 42.1 Å². The second-order valence-electron chi connectivity index (χ2n) is 15.7. The number of anilines is 1. The van der Waals surface area contributed by atoms with Crippen molar-refractivity contribution in [1.82, 2.24) is 5.32 Å². The normalized spacial score (nSPS) is 22.4. The summed E-state index contributed by atoms with van der Waals surface area (Å²) in [4.78, 5) is 40.0. The van der Waals surface area contributed by atoms with Crippen molar-refractivity contribution in [2.45, 2.75) is 109 Å². The number of hydrogen-bond donors (Lipinski definition) is 3. The third-order valence-electron chi connectivity index (χ3n) is 10.7. The van der Waals surface area contributed by atoms with Gasteiger partial charge in [0.25, 0.3) is 0 Å². The molecule has 10 nitrogen and oxygen atoms in total. The minimum atomic E-state index is -1.41. The van der Waals surface area contributed by atoms with Crippen molar-refractivity contribution in [2.75, 3.05) is 12.4 Å². The van der Waals surface area contributed by atoms with Gasteiger partial charge in [-0.2, -0.15) is 0 Å². The lowest BCUT2D eigenvalue weighted by Crippen LogP contribution is -2.50. The van der Waals surface area contributed by atoms with Gasteiger partial charge in [-0.3, -0.25) is 4.79 Å². The lowest BCUT2D eigenvalue weighted by atomic mass is 9.56. The summed E-state index contributed by atoms with van der Waals surface area (Å²) in [5.41, 5.74) is -1.34. The monoisotopic (exact) mass is 815 g/mol. The fourth-order valence-electron chi connectivity index (χ4n) is 8.24. The van der Waals surface area contributed by atoms with E-state index in [-0.39, 0.29) is 49.7 Å². The van der Waals surface area contributed by atoms with Crippen molar-refractivity contribution in [3.8, 4) is 5.75 Å². The standard InChI is InChI=1S/C42H49Cl2F2N3O7/c1-23(22-47)42(29-17-16-26(43)20-31(29)45)34(21-41(3,4)5)49-37(35(42)28-13-10-14-30(44)36(28)46)38(50)48-32-18-15-25(19-33(32)53-6)39(51)54-24(2)55-40(52)56-27-11-8-7-9-12-27/h10,13-20,22-24,27,34-35,37,47,49H,7-9,11-12,21H2,1-6H3,(H,48,50). The molecule has 2 aliphatic rings. The highest BCUT2D eigenvalue weighted by Gasteiger charge is 2.62. The van der Waals surface area contributed by atoms with Gasteiger partial charge in [0.1, 0.15) is 23.5 Å². The first kappa shape index (κ1) is 42.9. The molecule has 1 saturated carbocycles. The fraction of sp³-hybridized carbons (Fsp3) is 0.476. The Hall–Kier alpha value is -4.26. The highest BCUT2D eigenvalue weighted by Crippen LogP contribution is 2.56. The predicted octanol–water partition coefficient (Wildman–Crippen LogP) is 9.99. The summed E-state index contributed by atoms with van der Waals surface area (Å²) in [6, 6.07) is 11.1. The average Bonchev–Trinajstić information content (AvgIpc) is 3.46. The smallest absolute Gasteiger partial charge is 0.495 e. The number of ether oxygens (including phenoxy) is 4. The van der Waals surface area contributed by atoms with Gasteiger partial charge in [-0.05, 0) is 91.3 Å². The van der Waals surface area contributed by atoms with Gasteiger partial charge in [-0.25, -0.2) is 18.4 Å². The van der Waals surface area contributed by atoms with Crippen LogP contribution in [0.5, 0.6) is 5.75 Å². The molecule has 1 aliphatic heterocycles. The maximum absolute atomic E-state index is 16.3. The SMILES string of the molecule is COc1cc(C(=O)OC(C)OC(=O)OC2CCCCC2)ccc1NC(=O)C1NC(CC(C)(C)C)C(c2ccc(Cl)cc2F)(C(C)C=N)C1c1cccc(Cl)c1F. The van der Waals surface area contributed by atoms with Crippen molar-refractivity contribution in [3.05, 3.63) is 93.0 Å². The molecule has 1 heterocycles. The highest BCUT2D eigenvalue weighted by molar-refractivity contribution is 6.31. The number of esters is 1. The molecule has 3 N–H and O–H groups in total. The minimum absolute atomic E-state index is 0.0380. The van der Waals surface area contributed by atoms with Crippen molar-refractivity contribution >= 4 is 53.1 Å². The van der Waals surface area contributed by atoms with Crippen LogP contribution in [0.3, 0.4) is 0 Å². The van der Waals surface area contributed by atoms with E-state index in [0.717, 1.165) is 32.1 Å². The van der Waals surface area contributed by atoms with E-state index < -0.39 is 65.3 Å². The predicted molar refractivity (Wildman–Crippen MR) is 211 cm³/mol. The van der Waals surface area contributed by atoms with E-state index in [0.29, 0.717) is 6.42 Å². The zero-order valence-corrected chi connectivity index (χ0v) is 33.9. The topological polar surface area (TPSA) is 136 Å². The van der Waals surface area contributed by atoms with Crippen molar-refractivity contribution in [1.29, 1.82) is 5.41 Å². The molecule has 14 heteroatoms. The molecule has 56 heavy (non-hydrogen) atoms. The summed E-state index contributed by atoms with van der Waals surface area (Å²) in [6.45, 7) is 9.15. The number of carbonyl (C=O) groups excluding carboxylic acids is 3. The van der Waals surface area contributed by atoms with E-state index in [1.165, 1.54) is 62.7 Å². The van der Waals surface area contributed by atoms with Gasteiger partial charge in [-0.1, -0.05) is 75.5 Å². The first-order valence-corrected chi connectivity index (χ1v) is 19.5. The average molecular weight is 817 g/mol. The molecule has 1 saturated heterocycles. The van der Waals surface area contributed by atoms with E-state index in [4.69, 9.17) is 47.6 Å². The van der Waals surface area contributed by atoms with Gasteiger partial charge >= 0.3 is 12.1 Å². The first-order chi connectivity index (χ1) is 26.5. The van der Waals surface area contributed by atoms with Crippen LogP contribution >= 0.6 is 23.2 Å². The quantitative estimate of drug-likeness (QED) is 0.0934. The third-order valence-corrected chi connectivity index (χ3v) is 11.2. The second-order valence-corrected chi connectivity index (χ2v) is 16.6. The summed E-state index contributed by atoms with van der Waals surface area (Å²) >= 11 is 12.6. The van der Waals surface area contributed by atoms with Gasteiger partial charge in [0.2, 0.25) is 12.2 Å². The molecular formula is C42H49Cl2F2N3O7. The third kappa shape index (κ3) is 9.30. The van der Waals surface area contributed by atoms with Gasteiger partial charge in [0.05, 0.1) is 29.4 Å². The molecule has 0 radical (unpaired) electrons. The van der Waals surface area contributed by atoms with Crippen LogP contribution in [0.4, 0.5) is 19.3 Å². The Kier molecular flexibility index (Phi) is 13.7. The van der Waals surface area contributed by atoms with Gasteiger partial charge < -0.3 is 35.0 Å². The molecule has 302 valence electrons. The zero-order chi connectivity index (χ0) is 40.9. The largest absolute Gasteiger partial charge is 0.511 e. The van der Waals surface area contributed by atoms with Crippen LogP contribution in [0, 0.1) is 28.4 Å². The van der Waals surface area contributed by atoms with Crippen LogP contribution in [0.2, 0.25) is 10.0 Å². The number of halogens is 4. The molecule has 0 bridgehead atoms. The molecular weight excluding hydrogens is 767 g/mol. The fourth-order valence-corrected chi connectivity index (χ4v) is 8.59. The Bertz CT molecular complexity index is 1940. The summed E-state index contributed by atoms with van der Waals surface area (Å²) in [5, 5.41) is 14.8. The number of rotatable bonds is 12. The molecule has 6 atom stereocenters. The molecule has 0 aromatic heterocycles.